The topological polar surface area (TPSA) is 3.24 Å². The van der Waals surface area contributed by atoms with Gasteiger partial charge in [-0.25, -0.2) is 0 Å². The lowest BCUT2D eigenvalue weighted by Gasteiger charge is -2.26. The highest BCUT2D eigenvalue weighted by Crippen LogP contribution is 2.42. The first kappa shape index (κ1) is 29.9. The van der Waals surface area contributed by atoms with Gasteiger partial charge in [0.2, 0.25) is 0 Å². The Bertz CT molecular complexity index is 2670. The summed E-state index contributed by atoms with van der Waals surface area (Å²) < 4.78 is 2.64. The van der Waals surface area contributed by atoms with Crippen LogP contribution >= 0.6 is 22.7 Å². The number of benzene rings is 8. The van der Waals surface area contributed by atoms with Crippen LogP contribution in [0.25, 0.3) is 73.7 Å². The molecule has 0 bridgehead atoms. The van der Waals surface area contributed by atoms with Crippen molar-refractivity contribution in [3.8, 4) is 32.0 Å². The molecule has 2 aromatic heterocycles. The molecule has 0 spiro atoms. The van der Waals surface area contributed by atoms with Gasteiger partial charge in [-0.1, -0.05) is 127 Å². The molecule has 0 saturated heterocycles. The first-order valence-corrected chi connectivity index (χ1v) is 18.9. The normalized spacial score (nSPS) is 11.5. The largest absolute Gasteiger partial charge is 0.311 e. The zero-order valence-electron chi connectivity index (χ0n) is 27.7. The van der Waals surface area contributed by atoms with Gasteiger partial charge in [0.15, 0.2) is 0 Å². The van der Waals surface area contributed by atoms with Crippen molar-refractivity contribution >= 4 is 81.5 Å². The van der Waals surface area contributed by atoms with E-state index in [1.165, 1.54) is 73.7 Å². The summed E-state index contributed by atoms with van der Waals surface area (Å²) in [6.45, 7) is 0. The maximum Gasteiger partial charge on any atom is 0.0462 e. The molecule has 0 amide bonds. The van der Waals surface area contributed by atoms with Crippen molar-refractivity contribution in [2.75, 3.05) is 4.90 Å². The number of nitrogens with zero attached hydrogens (tertiary/aromatic N) is 1. The van der Waals surface area contributed by atoms with Gasteiger partial charge in [-0.3, -0.25) is 0 Å². The lowest BCUT2D eigenvalue weighted by Crippen LogP contribution is -2.09. The molecule has 0 radical (unpaired) electrons. The van der Waals surface area contributed by atoms with Crippen molar-refractivity contribution in [3.05, 3.63) is 188 Å². The van der Waals surface area contributed by atoms with Crippen LogP contribution in [0.15, 0.2) is 188 Å². The minimum atomic E-state index is 1.12. The van der Waals surface area contributed by atoms with E-state index >= 15 is 0 Å². The number of hydrogen-bond donors (Lipinski definition) is 0. The molecule has 10 rings (SSSR count). The smallest absolute Gasteiger partial charge is 0.0462 e. The second-order valence-corrected chi connectivity index (χ2v) is 15.1. The fraction of sp³-hybridized carbons (Fsp3) is 0. The van der Waals surface area contributed by atoms with E-state index in [0.29, 0.717) is 0 Å². The van der Waals surface area contributed by atoms with Crippen LogP contribution in [-0.2, 0) is 0 Å². The van der Waals surface area contributed by atoms with E-state index in [0.717, 1.165) is 17.1 Å². The third kappa shape index (κ3) is 5.39. The quantitative estimate of drug-likeness (QED) is 0.168. The van der Waals surface area contributed by atoms with E-state index in [1.807, 2.05) is 22.7 Å². The number of fused-ring (bicyclic) bond motifs is 6. The van der Waals surface area contributed by atoms with Gasteiger partial charge in [0.1, 0.15) is 0 Å². The summed E-state index contributed by atoms with van der Waals surface area (Å²) in [6.07, 6.45) is 0. The fourth-order valence-electron chi connectivity index (χ4n) is 7.30. The monoisotopic (exact) mass is 685 g/mol. The predicted molar refractivity (Wildman–Crippen MR) is 223 cm³/mol. The van der Waals surface area contributed by atoms with Crippen LogP contribution in [0.2, 0.25) is 0 Å². The summed E-state index contributed by atoms with van der Waals surface area (Å²) >= 11 is 3.72. The van der Waals surface area contributed by atoms with Gasteiger partial charge in [-0.05, 0) is 104 Å². The Morgan fingerprint density at radius 2 is 0.686 bits per heavy atom. The van der Waals surface area contributed by atoms with E-state index in [-0.39, 0.29) is 0 Å². The van der Waals surface area contributed by atoms with Crippen molar-refractivity contribution in [2.24, 2.45) is 0 Å². The van der Waals surface area contributed by atoms with Gasteiger partial charge in [0.05, 0.1) is 0 Å². The zero-order valence-corrected chi connectivity index (χ0v) is 29.3. The van der Waals surface area contributed by atoms with Crippen molar-refractivity contribution in [2.45, 2.75) is 0 Å². The number of hydrogen-bond acceptors (Lipinski definition) is 3. The average Bonchev–Trinajstić information content (AvgIpc) is 3.85. The third-order valence-corrected chi connectivity index (χ3v) is 12.2. The highest BCUT2D eigenvalue weighted by Gasteiger charge is 2.15. The molecular weight excluding hydrogens is 655 g/mol. The van der Waals surface area contributed by atoms with Gasteiger partial charge >= 0.3 is 0 Å². The zero-order chi connectivity index (χ0) is 33.7. The van der Waals surface area contributed by atoms with E-state index < -0.39 is 0 Å². The average molecular weight is 686 g/mol. The van der Waals surface area contributed by atoms with E-state index in [2.05, 4.69) is 193 Å². The Hall–Kier alpha value is -6.00. The van der Waals surface area contributed by atoms with E-state index in [1.54, 1.807) is 0 Å². The predicted octanol–water partition coefficient (Wildman–Crippen LogP) is 14.9. The molecule has 0 N–H and O–H groups in total. The molecule has 3 heteroatoms. The Labute approximate surface area is 304 Å². The Morgan fingerprint density at radius 3 is 1.16 bits per heavy atom. The first-order valence-electron chi connectivity index (χ1n) is 17.2. The summed E-state index contributed by atoms with van der Waals surface area (Å²) in [5, 5.41) is 7.84. The van der Waals surface area contributed by atoms with Crippen LogP contribution in [0.3, 0.4) is 0 Å². The molecule has 0 atom stereocenters. The maximum absolute atomic E-state index is 2.36. The SMILES string of the molecule is c1ccc(-c2ccc(N(c3ccc(-c4cc5c(ccc6ccccc65)s4)cc3)c3ccc(-c4cc5c(ccc6ccccc65)s4)cc3)cc2)cc1. The van der Waals surface area contributed by atoms with Crippen LogP contribution in [0.5, 0.6) is 0 Å². The molecule has 51 heavy (non-hydrogen) atoms. The third-order valence-electron chi connectivity index (χ3n) is 9.90. The molecule has 1 nitrogen and oxygen atoms in total. The summed E-state index contributed by atoms with van der Waals surface area (Å²) in [6, 6.07) is 68.6. The van der Waals surface area contributed by atoms with Crippen LogP contribution < -0.4 is 4.90 Å². The summed E-state index contributed by atoms with van der Waals surface area (Å²) in [7, 11) is 0. The lowest BCUT2D eigenvalue weighted by atomic mass is 10.0. The second-order valence-electron chi connectivity index (χ2n) is 13.0. The number of anilines is 3. The van der Waals surface area contributed by atoms with Gasteiger partial charge in [-0.15, -0.1) is 22.7 Å². The van der Waals surface area contributed by atoms with Crippen LogP contribution in [-0.4, -0.2) is 0 Å². The van der Waals surface area contributed by atoms with Crippen molar-refractivity contribution < 1.29 is 0 Å². The lowest BCUT2D eigenvalue weighted by molar-refractivity contribution is 1.28. The van der Waals surface area contributed by atoms with Crippen LogP contribution in [0, 0.1) is 0 Å². The minimum Gasteiger partial charge on any atom is -0.311 e. The molecule has 10 aromatic rings. The summed E-state index contributed by atoms with van der Waals surface area (Å²) in [5.41, 5.74) is 8.26. The molecule has 240 valence electrons. The number of thiophene rings is 2. The molecule has 0 fully saturated rings. The fourth-order valence-corrected chi connectivity index (χ4v) is 9.46. The van der Waals surface area contributed by atoms with Gasteiger partial charge < -0.3 is 4.90 Å². The van der Waals surface area contributed by atoms with E-state index in [9.17, 15) is 0 Å². The highest BCUT2D eigenvalue weighted by atomic mass is 32.1. The van der Waals surface area contributed by atoms with Crippen molar-refractivity contribution in [1.82, 2.24) is 0 Å². The highest BCUT2D eigenvalue weighted by molar-refractivity contribution is 7.22. The van der Waals surface area contributed by atoms with Crippen LogP contribution in [0.1, 0.15) is 0 Å². The van der Waals surface area contributed by atoms with Crippen LogP contribution in [0.4, 0.5) is 17.1 Å². The molecule has 0 saturated carbocycles. The second kappa shape index (κ2) is 12.4. The molecule has 0 unspecified atom stereocenters. The van der Waals surface area contributed by atoms with Gasteiger partial charge in [0.25, 0.3) is 0 Å². The summed E-state index contributed by atoms with van der Waals surface area (Å²) in [4.78, 5) is 4.93. The summed E-state index contributed by atoms with van der Waals surface area (Å²) in [5.74, 6) is 0. The molecule has 8 aromatic carbocycles. The molecule has 2 heterocycles. The Balaban J connectivity index is 1.03. The van der Waals surface area contributed by atoms with E-state index in [4.69, 9.17) is 0 Å². The molecule has 0 aliphatic rings. The van der Waals surface area contributed by atoms with Gasteiger partial charge in [-0.2, -0.15) is 0 Å². The molecule has 0 aliphatic heterocycles. The van der Waals surface area contributed by atoms with Gasteiger partial charge in [0, 0.05) is 47.0 Å². The Kier molecular flexibility index (Phi) is 7.26. The van der Waals surface area contributed by atoms with Crippen molar-refractivity contribution in [3.63, 3.8) is 0 Å². The molecule has 0 aliphatic carbocycles. The Morgan fingerprint density at radius 1 is 0.294 bits per heavy atom. The molecular formula is C48H31NS2. The standard InChI is InChI=1S/C48H31NS2/c1-2-8-32(9-3-1)33-14-22-38(23-15-33)49(39-24-16-36(17-25-39)47-30-43-41-12-6-4-10-34(41)20-28-45(43)50-47)40-26-18-37(19-27-40)48-31-44-42-13-7-5-11-35(42)21-29-46(44)51-48/h1-31H. The first-order chi connectivity index (χ1) is 25.2. The maximum atomic E-state index is 2.36. The number of rotatable bonds is 6. The van der Waals surface area contributed by atoms with Crippen molar-refractivity contribution in [1.29, 1.82) is 0 Å². The minimum absolute atomic E-state index is 1.12.